The Bertz CT molecular complexity index is 407. The van der Waals surface area contributed by atoms with E-state index in [1.807, 2.05) is 13.8 Å². The Balaban J connectivity index is 2.76. The second-order valence-electron chi connectivity index (χ2n) is 4.03. The molecule has 0 aliphatic heterocycles. The van der Waals surface area contributed by atoms with Gasteiger partial charge < -0.3 is 9.88 Å². The first kappa shape index (κ1) is 11.5. The van der Waals surface area contributed by atoms with Gasteiger partial charge in [-0.3, -0.25) is 9.59 Å². The molecular formula is C11H16N2O2. The van der Waals surface area contributed by atoms with Crippen molar-refractivity contribution in [2.24, 2.45) is 13.0 Å². The molecule has 1 rings (SSSR count). The Morgan fingerprint density at radius 3 is 2.80 bits per heavy atom. The number of anilines is 1. The van der Waals surface area contributed by atoms with E-state index in [1.54, 1.807) is 24.0 Å². The zero-order valence-electron chi connectivity index (χ0n) is 9.28. The SMILES string of the molecule is CC(C)CC(=O)Nc1cn(C)ccc1=O. The first-order chi connectivity index (χ1) is 6.99. The summed E-state index contributed by atoms with van der Waals surface area (Å²) in [5, 5.41) is 2.61. The van der Waals surface area contributed by atoms with Gasteiger partial charge in [-0.1, -0.05) is 13.8 Å². The molecule has 0 radical (unpaired) electrons. The number of aromatic nitrogens is 1. The number of pyridine rings is 1. The van der Waals surface area contributed by atoms with Gasteiger partial charge in [0.25, 0.3) is 0 Å². The molecule has 4 heteroatoms. The first-order valence-corrected chi connectivity index (χ1v) is 4.95. The van der Waals surface area contributed by atoms with Crippen LogP contribution in [0.4, 0.5) is 5.69 Å². The number of amides is 1. The second kappa shape index (κ2) is 4.77. The first-order valence-electron chi connectivity index (χ1n) is 4.95. The topological polar surface area (TPSA) is 51.1 Å². The molecule has 82 valence electrons. The number of rotatable bonds is 3. The quantitative estimate of drug-likeness (QED) is 0.815. The Labute approximate surface area is 88.9 Å². The standard InChI is InChI=1S/C11H16N2O2/c1-8(2)6-11(15)12-9-7-13(3)5-4-10(9)14/h4-5,7-8H,6H2,1-3H3,(H,12,15). The summed E-state index contributed by atoms with van der Waals surface area (Å²) in [4.78, 5) is 22.8. The maximum atomic E-state index is 11.4. The fraction of sp³-hybridized carbons (Fsp3) is 0.455. The summed E-state index contributed by atoms with van der Waals surface area (Å²) in [7, 11) is 1.80. The zero-order valence-corrected chi connectivity index (χ0v) is 9.28. The maximum Gasteiger partial charge on any atom is 0.224 e. The summed E-state index contributed by atoms with van der Waals surface area (Å²) in [6, 6.07) is 1.44. The van der Waals surface area contributed by atoms with Crippen LogP contribution in [0, 0.1) is 5.92 Å². The highest BCUT2D eigenvalue weighted by atomic mass is 16.2. The van der Waals surface area contributed by atoms with Crippen molar-refractivity contribution in [3.63, 3.8) is 0 Å². The molecule has 0 saturated carbocycles. The summed E-state index contributed by atoms with van der Waals surface area (Å²) >= 11 is 0. The molecule has 0 aliphatic rings. The van der Waals surface area contributed by atoms with Gasteiger partial charge in [-0.2, -0.15) is 0 Å². The smallest absolute Gasteiger partial charge is 0.224 e. The van der Waals surface area contributed by atoms with Crippen LogP contribution in [0.25, 0.3) is 0 Å². The van der Waals surface area contributed by atoms with E-state index in [4.69, 9.17) is 0 Å². The van der Waals surface area contributed by atoms with Crippen LogP contribution in [-0.4, -0.2) is 10.5 Å². The van der Waals surface area contributed by atoms with Crippen molar-refractivity contribution < 1.29 is 4.79 Å². The third kappa shape index (κ3) is 3.58. The molecule has 15 heavy (non-hydrogen) atoms. The van der Waals surface area contributed by atoms with E-state index >= 15 is 0 Å². The monoisotopic (exact) mass is 208 g/mol. The highest BCUT2D eigenvalue weighted by molar-refractivity contribution is 5.90. The van der Waals surface area contributed by atoms with Crippen LogP contribution in [0.3, 0.4) is 0 Å². The van der Waals surface area contributed by atoms with E-state index in [9.17, 15) is 9.59 Å². The largest absolute Gasteiger partial charge is 0.355 e. The Kier molecular flexibility index (Phi) is 3.66. The van der Waals surface area contributed by atoms with Crippen molar-refractivity contribution in [1.82, 2.24) is 4.57 Å². The number of aryl methyl sites for hydroxylation is 1. The predicted molar refractivity (Wildman–Crippen MR) is 59.8 cm³/mol. The molecule has 0 fully saturated rings. The fourth-order valence-corrected chi connectivity index (χ4v) is 1.25. The Morgan fingerprint density at radius 2 is 2.20 bits per heavy atom. The molecule has 1 amide bonds. The number of nitrogens with zero attached hydrogens (tertiary/aromatic N) is 1. The predicted octanol–water partition coefficient (Wildman–Crippen LogP) is 1.37. The van der Waals surface area contributed by atoms with E-state index in [0.29, 0.717) is 12.1 Å². The number of hydrogen-bond acceptors (Lipinski definition) is 2. The molecule has 0 aliphatic carbocycles. The van der Waals surface area contributed by atoms with Crippen molar-refractivity contribution in [1.29, 1.82) is 0 Å². The van der Waals surface area contributed by atoms with Gasteiger partial charge in [0.1, 0.15) is 5.69 Å². The van der Waals surface area contributed by atoms with Crippen LogP contribution in [0.2, 0.25) is 0 Å². The number of carbonyl (C=O) groups excluding carboxylic acids is 1. The van der Waals surface area contributed by atoms with Crippen LogP contribution in [0.5, 0.6) is 0 Å². The zero-order chi connectivity index (χ0) is 11.4. The summed E-state index contributed by atoms with van der Waals surface area (Å²) < 4.78 is 1.73. The van der Waals surface area contributed by atoms with Crippen molar-refractivity contribution in [2.45, 2.75) is 20.3 Å². The third-order valence-corrected chi connectivity index (χ3v) is 1.93. The lowest BCUT2D eigenvalue weighted by Gasteiger charge is -2.07. The van der Waals surface area contributed by atoms with E-state index in [0.717, 1.165) is 0 Å². The van der Waals surface area contributed by atoms with Crippen LogP contribution in [0.1, 0.15) is 20.3 Å². The Hall–Kier alpha value is -1.58. The van der Waals surface area contributed by atoms with Crippen LogP contribution < -0.4 is 10.7 Å². The minimum absolute atomic E-state index is 0.117. The van der Waals surface area contributed by atoms with Crippen molar-refractivity contribution in [2.75, 3.05) is 5.32 Å². The molecule has 0 spiro atoms. The van der Waals surface area contributed by atoms with Gasteiger partial charge in [0.2, 0.25) is 11.3 Å². The minimum atomic E-state index is -0.162. The summed E-state index contributed by atoms with van der Waals surface area (Å²) in [5.74, 6) is 0.172. The maximum absolute atomic E-state index is 11.4. The van der Waals surface area contributed by atoms with Crippen LogP contribution in [0.15, 0.2) is 23.3 Å². The van der Waals surface area contributed by atoms with E-state index < -0.39 is 0 Å². The van der Waals surface area contributed by atoms with Crippen LogP contribution in [-0.2, 0) is 11.8 Å². The van der Waals surface area contributed by atoms with E-state index in [1.165, 1.54) is 6.07 Å². The van der Waals surface area contributed by atoms with Gasteiger partial charge in [0, 0.05) is 31.9 Å². The summed E-state index contributed by atoms with van der Waals surface area (Å²) in [6.45, 7) is 3.92. The fourth-order valence-electron chi connectivity index (χ4n) is 1.25. The normalized spacial score (nSPS) is 10.4. The van der Waals surface area contributed by atoms with Crippen molar-refractivity contribution in [3.8, 4) is 0 Å². The van der Waals surface area contributed by atoms with Gasteiger partial charge in [0.05, 0.1) is 0 Å². The second-order valence-corrected chi connectivity index (χ2v) is 4.03. The van der Waals surface area contributed by atoms with Crippen molar-refractivity contribution >= 4 is 11.6 Å². The molecule has 0 saturated heterocycles. The molecule has 1 aromatic rings. The molecule has 4 nitrogen and oxygen atoms in total. The number of nitrogens with one attached hydrogen (secondary N) is 1. The Morgan fingerprint density at radius 1 is 1.53 bits per heavy atom. The average Bonchev–Trinajstić information content (AvgIpc) is 2.10. The number of hydrogen-bond donors (Lipinski definition) is 1. The molecule has 0 unspecified atom stereocenters. The van der Waals surface area contributed by atoms with Gasteiger partial charge in [-0.05, 0) is 5.92 Å². The van der Waals surface area contributed by atoms with Gasteiger partial charge in [-0.25, -0.2) is 0 Å². The molecule has 0 bridgehead atoms. The highest BCUT2D eigenvalue weighted by Gasteiger charge is 2.07. The van der Waals surface area contributed by atoms with Gasteiger partial charge in [0.15, 0.2) is 0 Å². The van der Waals surface area contributed by atoms with E-state index in [2.05, 4.69) is 5.32 Å². The molecule has 0 atom stereocenters. The highest BCUT2D eigenvalue weighted by Crippen LogP contribution is 2.03. The van der Waals surface area contributed by atoms with Gasteiger partial charge in [-0.15, -0.1) is 0 Å². The van der Waals surface area contributed by atoms with E-state index in [-0.39, 0.29) is 17.3 Å². The molecular weight excluding hydrogens is 192 g/mol. The molecule has 1 N–H and O–H groups in total. The number of carbonyl (C=O) groups is 1. The van der Waals surface area contributed by atoms with Crippen molar-refractivity contribution in [3.05, 3.63) is 28.7 Å². The lowest BCUT2D eigenvalue weighted by atomic mass is 10.1. The lowest BCUT2D eigenvalue weighted by Crippen LogP contribution is -2.19. The average molecular weight is 208 g/mol. The van der Waals surface area contributed by atoms with Crippen LogP contribution >= 0.6 is 0 Å². The summed E-state index contributed by atoms with van der Waals surface area (Å²) in [5.41, 5.74) is 0.177. The minimum Gasteiger partial charge on any atom is -0.355 e. The molecule has 0 aromatic carbocycles. The molecule has 1 aromatic heterocycles. The third-order valence-electron chi connectivity index (χ3n) is 1.93. The lowest BCUT2D eigenvalue weighted by molar-refractivity contribution is -0.116. The summed E-state index contributed by atoms with van der Waals surface area (Å²) in [6.07, 6.45) is 3.69. The molecule has 1 heterocycles. The van der Waals surface area contributed by atoms with Gasteiger partial charge >= 0.3 is 0 Å².